The highest BCUT2D eigenvalue weighted by molar-refractivity contribution is 7.91. The van der Waals surface area contributed by atoms with Gasteiger partial charge in [0.15, 0.2) is 0 Å². The van der Waals surface area contributed by atoms with Crippen molar-refractivity contribution in [1.29, 1.82) is 0 Å². The molecule has 0 fully saturated rings. The second-order valence-corrected chi connectivity index (χ2v) is 5.85. The predicted molar refractivity (Wildman–Crippen MR) is 55.7 cm³/mol. The number of aliphatic hydroxyl groups excluding tert-OH is 2. The van der Waals surface area contributed by atoms with Gasteiger partial charge in [0, 0.05) is 11.4 Å². The third kappa shape index (κ3) is 2.97. The van der Waals surface area contributed by atoms with Crippen LogP contribution in [0.3, 0.4) is 0 Å². The van der Waals surface area contributed by atoms with Gasteiger partial charge >= 0.3 is 0 Å². The van der Waals surface area contributed by atoms with E-state index in [1.807, 2.05) is 0 Å². The summed E-state index contributed by atoms with van der Waals surface area (Å²) in [6.07, 6.45) is -2.30. The second-order valence-electron chi connectivity index (χ2n) is 2.95. The van der Waals surface area contributed by atoms with E-state index in [0.717, 1.165) is 11.3 Å². The van der Waals surface area contributed by atoms with E-state index >= 15 is 0 Å². The number of sulfonamides is 1. The van der Waals surface area contributed by atoms with Gasteiger partial charge in [-0.05, 0) is 12.1 Å². The van der Waals surface area contributed by atoms with Crippen molar-refractivity contribution in [2.75, 3.05) is 6.54 Å². The Balaban J connectivity index is 2.94. The summed E-state index contributed by atoms with van der Waals surface area (Å²) in [5, 5.41) is 23.6. The molecule has 8 heteroatoms. The second kappa shape index (κ2) is 4.56. The smallest absolute Gasteiger partial charge is 0.247 e. The molecule has 2 atom stereocenters. The minimum atomic E-state index is -3.75. The molecule has 15 heavy (non-hydrogen) atoms. The number of nitrogens with two attached hydrogens (primary N) is 2. The van der Waals surface area contributed by atoms with Crippen LogP contribution >= 0.6 is 11.3 Å². The summed E-state index contributed by atoms with van der Waals surface area (Å²) in [4.78, 5) is 0.317. The predicted octanol–water partition coefficient (Wildman–Crippen LogP) is -1.25. The SMILES string of the molecule is NCC(O)C(O)c1ccc(S(N)(=O)=O)s1. The number of hydrogen-bond donors (Lipinski definition) is 4. The maximum Gasteiger partial charge on any atom is 0.247 e. The van der Waals surface area contributed by atoms with E-state index in [9.17, 15) is 18.6 Å². The quantitative estimate of drug-likeness (QED) is 0.532. The van der Waals surface area contributed by atoms with Crippen LogP contribution in [0.25, 0.3) is 0 Å². The maximum atomic E-state index is 10.9. The molecule has 6 N–H and O–H groups in total. The minimum absolute atomic E-state index is 0.0548. The first-order valence-electron chi connectivity index (χ1n) is 4.05. The van der Waals surface area contributed by atoms with Crippen molar-refractivity contribution >= 4 is 21.4 Å². The average molecular weight is 252 g/mol. The molecule has 2 unspecified atom stereocenters. The average Bonchev–Trinajstić information content (AvgIpc) is 2.63. The zero-order chi connectivity index (χ0) is 11.6. The lowest BCUT2D eigenvalue weighted by Crippen LogP contribution is -2.26. The molecular weight excluding hydrogens is 240 g/mol. The van der Waals surface area contributed by atoms with Crippen molar-refractivity contribution in [3.8, 4) is 0 Å². The van der Waals surface area contributed by atoms with E-state index in [1.54, 1.807) is 0 Å². The van der Waals surface area contributed by atoms with Crippen LogP contribution in [0, 0.1) is 0 Å². The fourth-order valence-corrected chi connectivity index (χ4v) is 2.76. The molecule has 0 radical (unpaired) electrons. The molecular formula is C7H12N2O4S2. The van der Waals surface area contributed by atoms with Crippen molar-refractivity contribution in [3.63, 3.8) is 0 Å². The summed E-state index contributed by atoms with van der Waals surface area (Å²) in [5.74, 6) is 0. The molecule has 0 spiro atoms. The normalized spacial score (nSPS) is 16.3. The Kier molecular flexibility index (Phi) is 3.82. The molecule has 1 heterocycles. The summed E-state index contributed by atoms with van der Waals surface area (Å²) < 4.78 is 21.8. The number of rotatable bonds is 4. The Morgan fingerprint density at radius 2 is 2.00 bits per heavy atom. The molecule has 1 aromatic heterocycles. The van der Waals surface area contributed by atoms with Crippen LogP contribution in [0.15, 0.2) is 16.3 Å². The van der Waals surface area contributed by atoms with Crippen LogP contribution in [0.2, 0.25) is 0 Å². The van der Waals surface area contributed by atoms with Gasteiger partial charge in [0.1, 0.15) is 10.3 Å². The van der Waals surface area contributed by atoms with Gasteiger partial charge in [0.2, 0.25) is 10.0 Å². The Bertz CT molecular complexity index is 428. The van der Waals surface area contributed by atoms with Gasteiger partial charge in [-0.3, -0.25) is 0 Å². The van der Waals surface area contributed by atoms with E-state index in [0.29, 0.717) is 4.88 Å². The number of thiophene rings is 1. The molecule has 0 bridgehead atoms. The first-order valence-corrected chi connectivity index (χ1v) is 6.41. The summed E-state index contributed by atoms with van der Waals surface area (Å²) in [6.45, 7) is -0.107. The van der Waals surface area contributed by atoms with Crippen molar-refractivity contribution in [2.45, 2.75) is 16.4 Å². The van der Waals surface area contributed by atoms with Crippen LogP contribution in [0.4, 0.5) is 0 Å². The van der Waals surface area contributed by atoms with Crippen LogP contribution in [0.5, 0.6) is 0 Å². The standard InChI is InChI=1S/C7H12N2O4S2/c8-3-4(10)7(11)5-1-2-6(14-5)15(9,12)13/h1-2,4,7,10-11H,3,8H2,(H2,9,12,13). The third-order valence-electron chi connectivity index (χ3n) is 1.78. The number of hydrogen-bond acceptors (Lipinski definition) is 6. The Morgan fingerprint density at radius 3 is 2.40 bits per heavy atom. The van der Waals surface area contributed by atoms with E-state index in [2.05, 4.69) is 0 Å². The molecule has 0 aliphatic carbocycles. The van der Waals surface area contributed by atoms with Crippen molar-refractivity contribution < 1.29 is 18.6 Å². The largest absolute Gasteiger partial charge is 0.389 e. The number of primary sulfonamides is 1. The van der Waals surface area contributed by atoms with E-state index in [1.165, 1.54) is 12.1 Å². The zero-order valence-corrected chi connectivity index (χ0v) is 9.33. The fraction of sp³-hybridized carbons (Fsp3) is 0.429. The lowest BCUT2D eigenvalue weighted by atomic mass is 10.2. The lowest BCUT2D eigenvalue weighted by Gasteiger charge is -2.13. The summed E-state index contributed by atoms with van der Waals surface area (Å²) >= 11 is 0.813. The molecule has 6 nitrogen and oxygen atoms in total. The third-order valence-corrected chi connectivity index (χ3v) is 4.37. The van der Waals surface area contributed by atoms with E-state index in [-0.39, 0.29) is 10.8 Å². The molecule has 0 aliphatic rings. The van der Waals surface area contributed by atoms with Gasteiger partial charge in [-0.15, -0.1) is 11.3 Å². The molecule has 1 aromatic rings. The highest BCUT2D eigenvalue weighted by Gasteiger charge is 2.21. The summed E-state index contributed by atoms with van der Waals surface area (Å²) in [6, 6.07) is 2.68. The van der Waals surface area contributed by atoms with Gasteiger partial charge < -0.3 is 15.9 Å². The van der Waals surface area contributed by atoms with Crippen LogP contribution in [-0.2, 0) is 10.0 Å². The molecule has 0 aromatic carbocycles. The van der Waals surface area contributed by atoms with Crippen molar-refractivity contribution in [1.82, 2.24) is 0 Å². The zero-order valence-electron chi connectivity index (χ0n) is 7.70. The van der Waals surface area contributed by atoms with Crippen LogP contribution in [-0.4, -0.2) is 31.3 Å². The van der Waals surface area contributed by atoms with Crippen molar-refractivity contribution in [3.05, 3.63) is 17.0 Å². The topological polar surface area (TPSA) is 127 Å². The monoisotopic (exact) mass is 252 g/mol. The van der Waals surface area contributed by atoms with Gasteiger partial charge in [0.25, 0.3) is 0 Å². The first kappa shape index (κ1) is 12.6. The summed E-state index contributed by atoms with van der Waals surface area (Å²) in [7, 11) is -3.75. The van der Waals surface area contributed by atoms with Gasteiger partial charge in [-0.1, -0.05) is 0 Å². The van der Waals surface area contributed by atoms with Crippen LogP contribution < -0.4 is 10.9 Å². The Hall–Kier alpha value is -0.510. The Labute approximate surface area is 91.2 Å². The van der Waals surface area contributed by atoms with Crippen LogP contribution in [0.1, 0.15) is 11.0 Å². The highest BCUT2D eigenvalue weighted by Crippen LogP contribution is 2.27. The minimum Gasteiger partial charge on any atom is -0.389 e. The maximum absolute atomic E-state index is 10.9. The lowest BCUT2D eigenvalue weighted by molar-refractivity contribution is 0.0265. The highest BCUT2D eigenvalue weighted by atomic mass is 32.2. The molecule has 1 rings (SSSR count). The number of aliphatic hydroxyl groups is 2. The van der Waals surface area contributed by atoms with Gasteiger partial charge in [-0.25, -0.2) is 13.6 Å². The fourth-order valence-electron chi connectivity index (χ4n) is 0.965. The molecule has 0 aliphatic heterocycles. The molecule has 86 valence electrons. The van der Waals surface area contributed by atoms with E-state index in [4.69, 9.17) is 10.9 Å². The molecule has 0 amide bonds. The van der Waals surface area contributed by atoms with Gasteiger partial charge in [0.05, 0.1) is 6.10 Å². The molecule has 0 saturated carbocycles. The Morgan fingerprint density at radius 1 is 1.40 bits per heavy atom. The van der Waals surface area contributed by atoms with E-state index < -0.39 is 22.2 Å². The van der Waals surface area contributed by atoms with Crippen molar-refractivity contribution in [2.24, 2.45) is 10.9 Å². The summed E-state index contributed by atoms with van der Waals surface area (Å²) in [5.41, 5.74) is 5.15. The first-order chi connectivity index (χ1) is 6.86. The van der Waals surface area contributed by atoms with Gasteiger partial charge in [-0.2, -0.15) is 0 Å². The molecule has 0 saturated heterocycles.